The number of nitrogen functional groups attached to an aromatic ring is 1. The summed E-state index contributed by atoms with van der Waals surface area (Å²) in [5.74, 6) is -0.630. The topological polar surface area (TPSA) is 106 Å². The highest BCUT2D eigenvalue weighted by Crippen LogP contribution is 2.28. The minimum absolute atomic E-state index is 0.0622. The molecule has 0 aromatic heterocycles. The van der Waals surface area contributed by atoms with Gasteiger partial charge >= 0.3 is 0 Å². The molecule has 0 aliphatic carbocycles. The van der Waals surface area contributed by atoms with Crippen molar-refractivity contribution in [2.45, 2.75) is 25.7 Å². The maximum absolute atomic E-state index is 12.7. The average molecular weight is 378 g/mol. The first-order valence-corrected chi connectivity index (χ1v) is 8.63. The number of nitrogens with two attached hydrogens (primary N) is 2. The molecule has 0 unspecified atom stereocenters. The van der Waals surface area contributed by atoms with Crippen LogP contribution in [0.3, 0.4) is 0 Å². The lowest BCUT2D eigenvalue weighted by molar-refractivity contribution is -0.118. The molecule has 0 bridgehead atoms. The number of rotatable bonds is 6. The molecule has 1 aromatic rings. The van der Waals surface area contributed by atoms with Crippen LogP contribution in [0, 0.1) is 12.8 Å². The second kappa shape index (κ2) is 6.76. The normalized spacial score (nSPS) is 12.1. The Kier molecular flexibility index (Phi) is 5.77. The van der Waals surface area contributed by atoms with Crippen LogP contribution >= 0.6 is 15.9 Å². The van der Waals surface area contributed by atoms with Crippen LogP contribution in [0.25, 0.3) is 0 Å². The summed E-state index contributed by atoms with van der Waals surface area (Å²) in [6.45, 7) is 5.27. The smallest absolute Gasteiger partial charge is 0.243 e. The lowest BCUT2D eigenvalue weighted by Gasteiger charge is -2.23. The van der Waals surface area contributed by atoms with Crippen LogP contribution in [0.1, 0.15) is 19.4 Å². The van der Waals surface area contributed by atoms with Gasteiger partial charge in [-0.05, 0) is 46.5 Å². The van der Waals surface area contributed by atoms with E-state index >= 15 is 0 Å². The van der Waals surface area contributed by atoms with E-state index < -0.39 is 15.9 Å². The number of halogens is 1. The van der Waals surface area contributed by atoms with E-state index in [4.69, 9.17) is 11.5 Å². The van der Waals surface area contributed by atoms with Gasteiger partial charge in [0.2, 0.25) is 15.9 Å². The third kappa shape index (κ3) is 4.42. The molecule has 118 valence electrons. The van der Waals surface area contributed by atoms with Gasteiger partial charge in [-0.25, -0.2) is 8.42 Å². The number of carbonyl (C=O) groups is 1. The summed E-state index contributed by atoms with van der Waals surface area (Å²) in [6.07, 6.45) is 0. The molecule has 0 aliphatic heterocycles. The van der Waals surface area contributed by atoms with Gasteiger partial charge < -0.3 is 11.5 Å². The molecule has 8 heteroatoms. The molecule has 1 amide bonds. The molecular formula is C13H20BrN3O3S. The summed E-state index contributed by atoms with van der Waals surface area (Å²) in [5.41, 5.74) is 11.8. The molecule has 1 rings (SSSR count). The van der Waals surface area contributed by atoms with Gasteiger partial charge in [-0.15, -0.1) is 0 Å². The summed E-state index contributed by atoms with van der Waals surface area (Å²) in [4.78, 5) is 11.2. The van der Waals surface area contributed by atoms with Gasteiger partial charge in [-0.2, -0.15) is 4.31 Å². The molecule has 0 atom stereocenters. The maximum Gasteiger partial charge on any atom is 0.243 e. The van der Waals surface area contributed by atoms with Crippen molar-refractivity contribution in [3.05, 3.63) is 22.2 Å². The van der Waals surface area contributed by atoms with Gasteiger partial charge in [0.15, 0.2) is 0 Å². The number of anilines is 1. The zero-order valence-electron chi connectivity index (χ0n) is 12.3. The van der Waals surface area contributed by atoms with Gasteiger partial charge in [-0.3, -0.25) is 4.79 Å². The molecule has 0 aliphatic rings. The van der Waals surface area contributed by atoms with Crippen molar-refractivity contribution in [1.29, 1.82) is 0 Å². The molecule has 0 radical (unpaired) electrons. The Labute approximate surface area is 133 Å². The molecule has 0 saturated heterocycles. The van der Waals surface area contributed by atoms with Gasteiger partial charge in [0.1, 0.15) is 0 Å². The maximum atomic E-state index is 12.7. The molecule has 0 heterocycles. The second-order valence-electron chi connectivity index (χ2n) is 5.30. The summed E-state index contributed by atoms with van der Waals surface area (Å²) in [6, 6.07) is 3.03. The first-order valence-electron chi connectivity index (χ1n) is 6.39. The van der Waals surface area contributed by atoms with Crippen LogP contribution < -0.4 is 11.5 Å². The Morgan fingerprint density at radius 2 is 1.95 bits per heavy atom. The van der Waals surface area contributed by atoms with Gasteiger partial charge in [0.25, 0.3) is 0 Å². The fourth-order valence-electron chi connectivity index (χ4n) is 1.91. The zero-order chi connectivity index (χ0) is 16.4. The van der Waals surface area contributed by atoms with Crippen LogP contribution in [0.5, 0.6) is 0 Å². The fourth-order valence-corrected chi connectivity index (χ4v) is 4.18. The second-order valence-corrected chi connectivity index (χ2v) is 8.06. The van der Waals surface area contributed by atoms with Gasteiger partial charge in [0.05, 0.1) is 11.4 Å². The molecule has 0 saturated carbocycles. The van der Waals surface area contributed by atoms with E-state index in [1.54, 1.807) is 13.0 Å². The Hall–Kier alpha value is -1.12. The number of carbonyl (C=O) groups excluding carboxylic acids is 1. The zero-order valence-corrected chi connectivity index (χ0v) is 14.7. The molecule has 4 N–H and O–H groups in total. The largest absolute Gasteiger partial charge is 0.398 e. The number of nitrogens with zero attached hydrogens (tertiary/aromatic N) is 1. The van der Waals surface area contributed by atoms with Crippen LogP contribution in [0.2, 0.25) is 0 Å². The fraction of sp³-hybridized carbons (Fsp3) is 0.462. The molecular weight excluding hydrogens is 358 g/mol. The Bertz CT molecular complexity index is 644. The van der Waals surface area contributed by atoms with Crippen molar-refractivity contribution in [1.82, 2.24) is 4.31 Å². The molecule has 6 nitrogen and oxygen atoms in total. The number of sulfonamides is 1. The van der Waals surface area contributed by atoms with Gasteiger partial charge in [0, 0.05) is 16.7 Å². The van der Waals surface area contributed by atoms with Crippen LogP contribution in [0.4, 0.5) is 5.69 Å². The van der Waals surface area contributed by atoms with Crippen molar-refractivity contribution in [2.75, 3.05) is 18.8 Å². The lowest BCUT2D eigenvalue weighted by Crippen LogP contribution is -2.40. The third-order valence-corrected chi connectivity index (χ3v) is 5.45. The lowest BCUT2D eigenvalue weighted by atomic mass is 10.2. The predicted octanol–water partition coefficient (Wildman–Crippen LogP) is 1.47. The quantitative estimate of drug-likeness (QED) is 0.731. The van der Waals surface area contributed by atoms with Crippen LogP contribution in [-0.2, 0) is 14.8 Å². The third-order valence-electron chi connectivity index (χ3n) is 2.81. The number of hydrogen-bond donors (Lipinski definition) is 2. The highest BCUT2D eigenvalue weighted by molar-refractivity contribution is 9.10. The average Bonchev–Trinajstić information content (AvgIpc) is 2.31. The number of aryl methyl sites for hydroxylation is 1. The number of amides is 1. The molecule has 21 heavy (non-hydrogen) atoms. The standard InChI is InChI=1S/C13H20BrN3O3S/c1-8(2)6-17(7-13(16)18)21(19,20)12-5-11(15)10(14)4-9(12)3/h4-5,8H,6-7,15H2,1-3H3,(H2,16,18). The summed E-state index contributed by atoms with van der Waals surface area (Å²) < 4.78 is 27.2. The van der Waals surface area contributed by atoms with E-state index in [1.807, 2.05) is 13.8 Å². The van der Waals surface area contributed by atoms with E-state index in [-0.39, 0.29) is 23.9 Å². The number of primary amides is 1. The van der Waals surface area contributed by atoms with Crippen molar-refractivity contribution in [3.8, 4) is 0 Å². The van der Waals surface area contributed by atoms with E-state index in [1.165, 1.54) is 6.07 Å². The van der Waals surface area contributed by atoms with Crippen LogP contribution in [0.15, 0.2) is 21.5 Å². The minimum Gasteiger partial charge on any atom is -0.398 e. The Morgan fingerprint density at radius 1 is 1.38 bits per heavy atom. The molecule has 1 aromatic carbocycles. The Morgan fingerprint density at radius 3 is 2.43 bits per heavy atom. The van der Waals surface area contributed by atoms with Crippen LogP contribution in [-0.4, -0.2) is 31.7 Å². The SMILES string of the molecule is Cc1cc(Br)c(N)cc1S(=O)(=O)N(CC(N)=O)CC(C)C. The van der Waals surface area contributed by atoms with E-state index in [0.717, 1.165) is 4.31 Å². The first-order chi connectivity index (χ1) is 9.55. The van der Waals surface area contributed by atoms with Crippen molar-refractivity contribution in [3.63, 3.8) is 0 Å². The predicted molar refractivity (Wildman–Crippen MR) is 86.1 cm³/mol. The van der Waals surface area contributed by atoms with Gasteiger partial charge in [-0.1, -0.05) is 13.8 Å². The number of benzene rings is 1. The van der Waals surface area contributed by atoms with E-state index in [9.17, 15) is 13.2 Å². The van der Waals surface area contributed by atoms with Crippen molar-refractivity contribution in [2.24, 2.45) is 11.7 Å². The summed E-state index contributed by atoms with van der Waals surface area (Å²) in [5, 5.41) is 0. The monoisotopic (exact) mass is 377 g/mol. The summed E-state index contributed by atoms with van der Waals surface area (Å²) in [7, 11) is -3.83. The highest BCUT2D eigenvalue weighted by atomic mass is 79.9. The van der Waals surface area contributed by atoms with Crippen molar-refractivity contribution >= 4 is 37.5 Å². The van der Waals surface area contributed by atoms with Crippen molar-refractivity contribution < 1.29 is 13.2 Å². The highest BCUT2D eigenvalue weighted by Gasteiger charge is 2.28. The summed E-state index contributed by atoms with van der Waals surface area (Å²) >= 11 is 3.26. The minimum atomic E-state index is -3.83. The number of hydrogen-bond acceptors (Lipinski definition) is 4. The van der Waals surface area contributed by atoms with E-state index in [2.05, 4.69) is 15.9 Å². The molecule has 0 spiro atoms. The van der Waals surface area contributed by atoms with E-state index in [0.29, 0.717) is 15.7 Å². The first kappa shape index (κ1) is 17.9. The Balaban J connectivity index is 3.34. The molecule has 0 fully saturated rings.